The van der Waals surface area contributed by atoms with E-state index in [-0.39, 0.29) is 0 Å². The SMILES string of the molecule is Cc1ccc(C)c(-c2ccccc2)n1.O=[N+]([O-])c1cc([N+](=O)[O-])c(O)c([N+](=O)[O-])c1. The van der Waals surface area contributed by atoms with Crippen molar-refractivity contribution in [3.05, 3.63) is 96.2 Å². The molecule has 2 aromatic carbocycles. The van der Waals surface area contributed by atoms with E-state index in [2.05, 4.69) is 30.1 Å². The maximum atomic E-state index is 10.4. The third-order valence-electron chi connectivity index (χ3n) is 3.94. The molecule has 11 nitrogen and oxygen atoms in total. The molecule has 0 saturated carbocycles. The van der Waals surface area contributed by atoms with E-state index in [1.54, 1.807) is 0 Å². The lowest BCUT2D eigenvalue weighted by Crippen LogP contribution is -1.97. The van der Waals surface area contributed by atoms with E-state index in [0.717, 1.165) is 11.4 Å². The molecule has 0 aliphatic carbocycles. The van der Waals surface area contributed by atoms with E-state index >= 15 is 0 Å². The molecule has 0 aliphatic heterocycles. The molecule has 0 radical (unpaired) electrons. The number of rotatable bonds is 4. The van der Waals surface area contributed by atoms with E-state index in [1.807, 2.05) is 31.2 Å². The summed E-state index contributed by atoms with van der Waals surface area (Å²) >= 11 is 0. The molecular weight excluding hydrogens is 396 g/mol. The number of hydrogen-bond donors (Lipinski definition) is 1. The Morgan fingerprint density at radius 1 is 0.800 bits per heavy atom. The van der Waals surface area contributed by atoms with Crippen molar-refractivity contribution in [3.8, 4) is 17.0 Å². The number of phenols is 1. The number of hydrogen-bond acceptors (Lipinski definition) is 8. The van der Waals surface area contributed by atoms with Crippen molar-refractivity contribution in [2.75, 3.05) is 0 Å². The van der Waals surface area contributed by atoms with Gasteiger partial charge in [-0.3, -0.25) is 35.3 Å². The maximum Gasteiger partial charge on any atom is 0.324 e. The summed E-state index contributed by atoms with van der Waals surface area (Å²) < 4.78 is 0. The minimum absolute atomic E-state index is 0.447. The molecule has 3 aromatic rings. The zero-order valence-electron chi connectivity index (χ0n) is 15.9. The second kappa shape index (κ2) is 9.19. The Bertz CT molecular complexity index is 1080. The molecule has 11 heteroatoms. The number of nitrogens with zero attached hydrogens (tertiary/aromatic N) is 4. The van der Waals surface area contributed by atoms with Crippen LogP contribution in [0.5, 0.6) is 5.75 Å². The number of pyridine rings is 1. The van der Waals surface area contributed by atoms with E-state index in [0.29, 0.717) is 12.1 Å². The number of nitro groups is 3. The molecule has 0 saturated heterocycles. The quantitative estimate of drug-likeness (QED) is 0.484. The number of aromatic nitrogens is 1. The molecule has 0 amide bonds. The van der Waals surface area contributed by atoms with Gasteiger partial charge in [-0.2, -0.15) is 0 Å². The smallest absolute Gasteiger partial charge is 0.324 e. The van der Waals surface area contributed by atoms with Gasteiger partial charge in [0.05, 0.1) is 32.6 Å². The first kappa shape index (κ1) is 21.9. The Labute approximate surface area is 169 Å². The maximum absolute atomic E-state index is 10.4. The number of benzene rings is 2. The summed E-state index contributed by atoms with van der Waals surface area (Å²) in [4.78, 5) is 32.3. The first-order chi connectivity index (χ1) is 14.1. The van der Waals surface area contributed by atoms with Crippen LogP contribution < -0.4 is 0 Å². The summed E-state index contributed by atoms with van der Waals surface area (Å²) in [7, 11) is 0. The van der Waals surface area contributed by atoms with Crippen LogP contribution in [0.1, 0.15) is 11.3 Å². The van der Waals surface area contributed by atoms with Gasteiger partial charge in [0.1, 0.15) is 0 Å². The van der Waals surface area contributed by atoms with Crippen molar-refractivity contribution in [2.24, 2.45) is 0 Å². The number of non-ortho nitro benzene ring substituents is 1. The minimum atomic E-state index is -1.21. The first-order valence-electron chi connectivity index (χ1n) is 8.41. The summed E-state index contributed by atoms with van der Waals surface area (Å²) in [5.74, 6) is -1.21. The molecule has 0 aliphatic rings. The van der Waals surface area contributed by atoms with Gasteiger partial charge in [-0.15, -0.1) is 0 Å². The van der Waals surface area contributed by atoms with Gasteiger partial charge in [0, 0.05) is 11.3 Å². The van der Waals surface area contributed by atoms with Crippen LogP contribution in [0.3, 0.4) is 0 Å². The number of aryl methyl sites for hydroxylation is 2. The fraction of sp³-hybridized carbons (Fsp3) is 0.105. The van der Waals surface area contributed by atoms with Crippen LogP contribution in [0.15, 0.2) is 54.6 Å². The van der Waals surface area contributed by atoms with Crippen molar-refractivity contribution < 1.29 is 19.9 Å². The standard InChI is InChI=1S/C13H13N.C6H3N3O7/c1-10-8-9-11(2)14-13(10)12-6-4-3-5-7-12;10-6-4(8(13)14)1-3(7(11)12)2-5(6)9(15)16/h3-9H,1-2H3;1-2,10H. The molecule has 0 spiro atoms. The molecular formula is C19H16N4O7. The topological polar surface area (TPSA) is 163 Å². The summed E-state index contributed by atoms with van der Waals surface area (Å²) in [6.07, 6.45) is 0. The summed E-state index contributed by atoms with van der Waals surface area (Å²) in [5.41, 5.74) is 1.56. The Kier molecular flexibility index (Phi) is 6.70. The van der Waals surface area contributed by atoms with Crippen LogP contribution >= 0.6 is 0 Å². The number of aromatic hydroxyl groups is 1. The lowest BCUT2D eigenvalue weighted by atomic mass is 10.1. The van der Waals surface area contributed by atoms with Crippen LogP contribution in [0, 0.1) is 44.2 Å². The van der Waals surface area contributed by atoms with E-state index in [9.17, 15) is 30.3 Å². The van der Waals surface area contributed by atoms with Crippen LogP contribution in [0.25, 0.3) is 11.3 Å². The Balaban J connectivity index is 0.000000215. The molecule has 3 rings (SSSR count). The van der Waals surface area contributed by atoms with Crippen molar-refractivity contribution in [1.82, 2.24) is 4.98 Å². The molecule has 0 unspecified atom stereocenters. The lowest BCUT2D eigenvalue weighted by molar-refractivity contribution is -0.404. The van der Waals surface area contributed by atoms with E-state index in [1.165, 1.54) is 11.1 Å². The number of phenolic OH excluding ortho intramolecular Hbond substituents is 1. The van der Waals surface area contributed by atoms with Gasteiger partial charge in [-0.25, -0.2) is 0 Å². The largest absolute Gasteiger partial charge is 0.497 e. The highest BCUT2D eigenvalue weighted by atomic mass is 16.6. The van der Waals surface area contributed by atoms with E-state index in [4.69, 9.17) is 5.11 Å². The third kappa shape index (κ3) is 5.10. The highest BCUT2D eigenvalue weighted by molar-refractivity contribution is 5.65. The Hall–Kier alpha value is -4.41. The van der Waals surface area contributed by atoms with Gasteiger partial charge in [0.15, 0.2) is 0 Å². The highest BCUT2D eigenvalue weighted by Crippen LogP contribution is 2.38. The Morgan fingerprint density at radius 2 is 1.33 bits per heavy atom. The zero-order chi connectivity index (χ0) is 22.4. The molecule has 0 atom stereocenters. The van der Waals surface area contributed by atoms with Gasteiger partial charge < -0.3 is 5.11 Å². The van der Waals surface area contributed by atoms with Gasteiger partial charge in [0.2, 0.25) is 0 Å². The summed E-state index contributed by atoms with van der Waals surface area (Å²) in [6.45, 7) is 4.11. The molecule has 0 fully saturated rings. The van der Waals surface area contributed by atoms with Crippen molar-refractivity contribution in [1.29, 1.82) is 0 Å². The van der Waals surface area contributed by atoms with Crippen molar-refractivity contribution in [3.63, 3.8) is 0 Å². The van der Waals surface area contributed by atoms with Gasteiger partial charge in [-0.05, 0) is 25.5 Å². The van der Waals surface area contributed by atoms with Crippen molar-refractivity contribution in [2.45, 2.75) is 13.8 Å². The summed E-state index contributed by atoms with van der Waals surface area (Å²) in [6, 6.07) is 15.3. The predicted octanol–water partition coefficient (Wildman–Crippen LogP) is 4.48. The van der Waals surface area contributed by atoms with Crippen LogP contribution in [0.2, 0.25) is 0 Å². The van der Waals surface area contributed by atoms with E-state index < -0.39 is 37.6 Å². The summed E-state index contributed by atoms with van der Waals surface area (Å²) in [5, 5.41) is 40.2. The molecule has 30 heavy (non-hydrogen) atoms. The minimum Gasteiger partial charge on any atom is -0.497 e. The van der Waals surface area contributed by atoms with Crippen LogP contribution in [-0.4, -0.2) is 24.9 Å². The Morgan fingerprint density at radius 3 is 1.80 bits per heavy atom. The second-order valence-corrected chi connectivity index (χ2v) is 6.09. The molecule has 1 heterocycles. The lowest BCUT2D eigenvalue weighted by Gasteiger charge is -2.05. The zero-order valence-corrected chi connectivity index (χ0v) is 15.9. The molecule has 154 valence electrons. The predicted molar refractivity (Wildman–Crippen MR) is 107 cm³/mol. The first-order valence-corrected chi connectivity index (χ1v) is 8.41. The highest BCUT2D eigenvalue weighted by Gasteiger charge is 2.30. The monoisotopic (exact) mass is 412 g/mol. The molecule has 1 aromatic heterocycles. The normalized spacial score (nSPS) is 9.93. The van der Waals surface area contributed by atoms with Crippen molar-refractivity contribution >= 4 is 17.1 Å². The molecule has 1 N–H and O–H groups in total. The van der Waals surface area contributed by atoms with Crippen LogP contribution in [0.4, 0.5) is 17.1 Å². The molecule has 0 bridgehead atoms. The van der Waals surface area contributed by atoms with Gasteiger partial charge in [0.25, 0.3) is 11.4 Å². The van der Waals surface area contributed by atoms with Gasteiger partial charge in [-0.1, -0.05) is 36.4 Å². The third-order valence-corrected chi connectivity index (χ3v) is 3.94. The second-order valence-electron chi connectivity index (χ2n) is 6.09. The average Bonchev–Trinajstić information content (AvgIpc) is 2.70. The number of nitro benzene ring substituents is 3. The average molecular weight is 412 g/mol. The van der Waals surface area contributed by atoms with Gasteiger partial charge >= 0.3 is 11.4 Å². The fourth-order valence-corrected chi connectivity index (χ4v) is 2.49. The fourth-order valence-electron chi connectivity index (χ4n) is 2.49. The van der Waals surface area contributed by atoms with Crippen LogP contribution in [-0.2, 0) is 0 Å².